The fourth-order valence-corrected chi connectivity index (χ4v) is 2.34. The summed E-state index contributed by atoms with van der Waals surface area (Å²) in [5.74, 6) is 0. The Morgan fingerprint density at radius 3 is 3.00 bits per heavy atom. The Morgan fingerprint density at radius 2 is 2.17 bits per heavy atom. The number of oxazole rings is 1. The zero-order valence-corrected chi connectivity index (χ0v) is 10.4. The third-order valence-electron chi connectivity index (χ3n) is 3.32. The number of nitrogens with zero attached hydrogens (tertiary/aromatic N) is 2. The van der Waals surface area contributed by atoms with Gasteiger partial charge in [-0.25, -0.2) is 0 Å². The van der Waals surface area contributed by atoms with Crippen LogP contribution in [0.25, 0.3) is 11.1 Å². The lowest BCUT2D eigenvalue weighted by atomic mass is 10.3. The summed E-state index contributed by atoms with van der Waals surface area (Å²) < 4.78 is 5.59. The first-order chi connectivity index (χ1) is 8.81. The van der Waals surface area contributed by atoms with Crippen LogP contribution in [0.3, 0.4) is 0 Å². The number of likely N-dealkylation sites (tertiary alicyclic amines) is 1. The van der Waals surface area contributed by atoms with E-state index in [4.69, 9.17) is 10.2 Å². The smallest absolute Gasteiger partial charge is 0.295 e. The Balaban J connectivity index is 1.60. The number of rotatable bonds is 4. The molecule has 1 saturated heterocycles. The van der Waals surface area contributed by atoms with Crippen molar-refractivity contribution in [2.24, 2.45) is 0 Å². The molecule has 2 heterocycles. The third-order valence-corrected chi connectivity index (χ3v) is 3.32. The molecule has 3 rings (SSSR count). The molecule has 1 aromatic heterocycles. The predicted octanol–water partition coefficient (Wildman–Crippen LogP) is 1.92. The largest absolute Gasteiger partial charge is 0.423 e. The highest BCUT2D eigenvalue weighted by Crippen LogP contribution is 2.20. The lowest BCUT2D eigenvalue weighted by Gasteiger charge is -2.13. The quantitative estimate of drug-likeness (QED) is 0.807. The van der Waals surface area contributed by atoms with Gasteiger partial charge in [-0.3, -0.25) is 0 Å². The van der Waals surface area contributed by atoms with Gasteiger partial charge in [-0.15, -0.1) is 0 Å². The van der Waals surface area contributed by atoms with Gasteiger partial charge in [0.25, 0.3) is 6.01 Å². The number of fused-ring (bicyclic) bond motifs is 1. The Hall–Kier alpha value is -1.75. The van der Waals surface area contributed by atoms with Gasteiger partial charge < -0.3 is 20.4 Å². The normalized spacial score (nSPS) is 16.4. The molecule has 1 aliphatic rings. The first-order valence-corrected chi connectivity index (χ1v) is 6.43. The molecule has 0 spiro atoms. The number of hydrogen-bond acceptors (Lipinski definition) is 5. The van der Waals surface area contributed by atoms with Crippen LogP contribution in [-0.2, 0) is 0 Å². The van der Waals surface area contributed by atoms with E-state index in [2.05, 4.69) is 15.2 Å². The van der Waals surface area contributed by atoms with Crippen LogP contribution < -0.4 is 11.1 Å². The summed E-state index contributed by atoms with van der Waals surface area (Å²) in [6, 6.07) is 6.09. The van der Waals surface area contributed by atoms with E-state index in [0.29, 0.717) is 11.7 Å². The van der Waals surface area contributed by atoms with Crippen LogP contribution in [0.2, 0.25) is 0 Å². The van der Waals surface area contributed by atoms with Gasteiger partial charge in [0.1, 0.15) is 5.52 Å². The van der Waals surface area contributed by atoms with Gasteiger partial charge in [0.15, 0.2) is 5.58 Å². The predicted molar refractivity (Wildman–Crippen MR) is 72.6 cm³/mol. The molecular weight excluding hydrogens is 228 g/mol. The molecule has 1 aliphatic heterocycles. The minimum atomic E-state index is 0.579. The molecule has 0 bridgehead atoms. The third kappa shape index (κ3) is 2.41. The Labute approximate surface area is 106 Å². The van der Waals surface area contributed by atoms with Gasteiger partial charge in [0.05, 0.1) is 0 Å². The molecule has 18 heavy (non-hydrogen) atoms. The van der Waals surface area contributed by atoms with Crippen LogP contribution in [-0.4, -0.2) is 36.1 Å². The summed E-state index contributed by atoms with van der Waals surface area (Å²) >= 11 is 0. The van der Waals surface area contributed by atoms with Crippen LogP contribution in [0.1, 0.15) is 12.8 Å². The maximum absolute atomic E-state index is 5.70. The van der Waals surface area contributed by atoms with Crippen LogP contribution in [0.4, 0.5) is 11.7 Å². The number of nitrogens with one attached hydrogen (secondary N) is 1. The Morgan fingerprint density at radius 1 is 1.33 bits per heavy atom. The molecule has 5 nitrogen and oxygen atoms in total. The number of nitrogens with two attached hydrogens (primary N) is 1. The van der Waals surface area contributed by atoms with E-state index < -0.39 is 0 Å². The van der Waals surface area contributed by atoms with Gasteiger partial charge in [-0.05, 0) is 38.1 Å². The lowest BCUT2D eigenvalue weighted by Crippen LogP contribution is -2.25. The molecule has 0 saturated carbocycles. The minimum absolute atomic E-state index is 0.579. The molecular formula is C13H18N4O. The van der Waals surface area contributed by atoms with Crippen molar-refractivity contribution < 1.29 is 4.42 Å². The molecule has 2 aromatic rings. The van der Waals surface area contributed by atoms with Crippen LogP contribution in [0.15, 0.2) is 22.6 Å². The number of benzene rings is 1. The second-order valence-electron chi connectivity index (χ2n) is 4.72. The summed E-state index contributed by atoms with van der Waals surface area (Å²) in [5, 5.41) is 3.22. The van der Waals surface area contributed by atoms with Crippen LogP contribution in [0.5, 0.6) is 0 Å². The molecule has 1 aromatic carbocycles. The van der Waals surface area contributed by atoms with Crippen molar-refractivity contribution in [2.75, 3.05) is 37.2 Å². The molecule has 3 N–H and O–H groups in total. The van der Waals surface area contributed by atoms with Crippen LogP contribution >= 0.6 is 0 Å². The molecule has 0 radical (unpaired) electrons. The molecule has 0 unspecified atom stereocenters. The van der Waals surface area contributed by atoms with Gasteiger partial charge in [0, 0.05) is 24.8 Å². The molecule has 1 fully saturated rings. The molecule has 0 aliphatic carbocycles. The number of aromatic nitrogens is 1. The average molecular weight is 246 g/mol. The first kappa shape index (κ1) is 11.3. The van der Waals surface area contributed by atoms with Crippen molar-refractivity contribution in [1.29, 1.82) is 0 Å². The van der Waals surface area contributed by atoms with Gasteiger partial charge in [-0.1, -0.05) is 0 Å². The number of hydrogen-bond donors (Lipinski definition) is 2. The summed E-state index contributed by atoms with van der Waals surface area (Å²) in [5.41, 5.74) is 7.97. The van der Waals surface area contributed by atoms with Crippen molar-refractivity contribution >= 4 is 22.8 Å². The monoisotopic (exact) mass is 246 g/mol. The van der Waals surface area contributed by atoms with E-state index in [0.717, 1.165) is 24.2 Å². The molecule has 96 valence electrons. The van der Waals surface area contributed by atoms with Crippen LogP contribution in [0, 0.1) is 0 Å². The maximum Gasteiger partial charge on any atom is 0.295 e. The SMILES string of the molecule is Nc1ccc2nc(NCCN3CCCC3)oc2c1. The first-order valence-electron chi connectivity index (χ1n) is 6.43. The number of nitrogen functional groups attached to an aromatic ring is 1. The highest BCUT2D eigenvalue weighted by Gasteiger charge is 2.11. The lowest BCUT2D eigenvalue weighted by molar-refractivity contribution is 0.351. The van der Waals surface area contributed by atoms with E-state index >= 15 is 0 Å². The molecule has 0 atom stereocenters. The second-order valence-corrected chi connectivity index (χ2v) is 4.72. The van der Waals surface area contributed by atoms with Crippen molar-refractivity contribution in [1.82, 2.24) is 9.88 Å². The summed E-state index contributed by atoms with van der Waals surface area (Å²) in [4.78, 5) is 6.82. The summed E-state index contributed by atoms with van der Waals surface area (Å²) in [6.45, 7) is 4.33. The fourth-order valence-electron chi connectivity index (χ4n) is 2.34. The van der Waals surface area contributed by atoms with Crippen molar-refractivity contribution in [3.8, 4) is 0 Å². The van der Waals surface area contributed by atoms with E-state index in [1.54, 1.807) is 6.07 Å². The van der Waals surface area contributed by atoms with Gasteiger partial charge in [0.2, 0.25) is 0 Å². The minimum Gasteiger partial charge on any atom is -0.423 e. The Kier molecular flexibility index (Phi) is 3.06. The highest BCUT2D eigenvalue weighted by molar-refractivity contribution is 5.78. The van der Waals surface area contributed by atoms with Gasteiger partial charge >= 0.3 is 0 Å². The topological polar surface area (TPSA) is 67.3 Å². The molecule has 5 heteroatoms. The van der Waals surface area contributed by atoms with Crippen molar-refractivity contribution in [3.63, 3.8) is 0 Å². The second kappa shape index (κ2) is 4.86. The standard InChI is InChI=1S/C13H18N4O/c14-10-3-4-11-12(9-10)18-13(16-11)15-5-8-17-6-1-2-7-17/h3-4,9H,1-2,5-8,14H2,(H,15,16). The fraction of sp³-hybridized carbons (Fsp3) is 0.462. The van der Waals surface area contributed by atoms with E-state index in [1.165, 1.54) is 25.9 Å². The highest BCUT2D eigenvalue weighted by atomic mass is 16.4. The summed E-state index contributed by atoms with van der Waals surface area (Å²) in [7, 11) is 0. The van der Waals surface area contributed by atoms with Crippen molar-refractivity contribution in [3.05, 3.63) is 18.2 Å². The Bertz CT molecular complexity index is 531. The zero-order valence-electron chi connectivity index (χ0n) is 10.4. The van der Waals surface area contributed by atoms with Crippen molar-refractivity contribution in [2.45, 2.75) is 12.8 Å². The number of anilines is 2. The summed E-state index contributed by atoms with van der Waals surface area (Å²) in [6.07, 6.45) is 2.64. The maximum atomic E-state index is 5.70. The van der Waals surface area contributed by atoms with Gasteiger partial charge in [-0.2, -0.15) is 4.98 Å². The van der Waals surface area contributed by atoms with E-state index in [-0.39, 0.29) is 0 Å². The van der Waals surface area contributed by atoms with E-state index in [1.807, 2.05) is 12.1 Å². The molecule has 0 amide bonds. The zero-order chi connectivity index (χ0) is 12.4. The van der Waals surface area contributed by atoms with E-state index in [9.17, 15) is 0 Å². The average Bonchev–Trinajstić information content (AvgIpc) is 2.97.